The van der Waals surface area contributed by atoms with Crippen molar-refractivity contribution in [2.75, 3.05) is 17.6 Å². The molecule has 0 fully saturated rings. The molecule has 0 saturated carbocycles. The summed E-state index contributed by atoms with van der Waals surface area (Å²) in [6.07, 6.45) is 1.91. The van der Waals surface area contributed by atoms with Crippen LogP contribution >= 0.6 is 23.1 Å². The number of nitrogens with one attached hydrogen (secondary N) is 2. The van der Waals surface area contributed by atoms with Gasteiger partial charge in [0.1, 0.15) is 0 Å². The number of anilines is 2. The second-order valence-corrected chi connectivity index (χ2v) is 7.79. The van der Waals surface area contributed by atoms with Gasteiger partial charge < -0.3 is 10.6 Å². The summed E-state index contributed by atoms with van der Waals surface area (Å²) in [5.41, 5.74) is 2.26. The highest BCUT2D eigenvalue weighted by Crippen LogP contribution is 2.27. The maximum Gasteiger partial charge on any atom is 0.230 e. The van der Waals surface area contributed by atoms with E-state index in [0.29, 0.717) is 12.3 Å². The standard InChI is InChI=1S/C19H20N4OS2/c24-17(20-13-7-10-15-8-3-1-4-9-15)14-25-19-23-22-18(26-19)21-16-11-5-2-6-12-16/h1-6,8-9,11-12H,7,10,13-14H2,(H,20,24)(H,21,22). The SMILES string of the molecule is O=C(CSc1nnc(Nc2ccccc2)s1)NCCCc1ccccc1. The Balaban J connectivity index is 1.34. The molecule has 0 radical (unpaired) electrons. The summed E-state index contributed by atoms with van der Waals surface area (Å²) in [6.45, 7) is 0.686. The molecule has 1 amide bonds. The van der Waals surface area contributed by atoms with Crippen LogP contribution in [0, 0.1) is 0 Å². The third kappa shape index (κ3) is 6.16. The maximum atomic E-state index is 11.9. The van der Waals surface area contributed by atoms with Gasteiger partial charge in [-0.05, 0) is 30.5 Å². The molecule has 0 aliphatic heterocycles. The molecular formula is C19H20N4OS2. The molecule has 7 heteroatoms. The van der Waals surface area contributed by atoms with Crippen LogP contribution < -0.4 is 10.6 Å². The van der Waals surface area contributed by atoms with Crippen LogP contribution in [0.1, 0.15) is 12.0 Å². The van der Waals surface area contributed by atoms with Gasteiger partial charge in [0.2, 0.25) is 11.0 Å². The molecule has 134 valence electrons. The van der Waals surface area contributed by atoms with Gasteiger partial charge in [0.15, 0.2) is 4.34 Å². The molecule has 3 rings (SSSR count). The van der Waals surface area contributed by atoms with E-state index < -0.39 is 0 Å². The Labute approximate surface area is 161 Å². The van der Waals surface area contributed by atoms with Crippen molar-refractivity contribution in [1.82, 2.24) is 15.5 Å². The number of hydrogen-bond acceptors (Lipinski definition) is 6. The van der Waals surface area contributed by atoms with Gasteiger partial charge in [-0.25, -0.2) is 0 Å². The molecule has 0 aliphatic rings. The number of hydrogen-bond donors (Lipinski definition) is 2. The minimum absolute atomic E-state index is 0.0239. The highest BCUT2D eigenvalue weighted by atomic mass is 32.2. The van der Waals surface area contributed by atoms with Crippen LogP contribution in [-0.2, 0) is 11.2 Å². The Morgan fingerprint density at radius 3 is 2.50 bits per heavy atom. The van der Waals surface area contributed by atoms with Crippen molar-refractivity contribution in [3.8, 4) is 0 Å². The first kappa shape index (κ1) is 18.4. The summed E-state index contributed by atoms with van der Waals surface area (Å²) in [7, 11) is 0. The average Bonchev–Trinajstić information content (AvgIpc) is 3.12. The molecule has 0 unspecified atom stereocenters. The lowest BCUT2D eigenvalue weighted by molar-refractivity contribution is -0.118. The van der Waals surface area contributed by atoms with E-state index in [9.17, 15) is 4.79 Å². The second-order valence-electron chi connectivity index (χ2n) is 5.59. The average molecular weight is 385 g/mol. The van der Waals surface area contributed by atoms with Gasteiger partial charge in [-0.15, -0.1) is 10.2 Å². The second kappa shape index (κ2) is 9.94. The number of benzene rings is 2. The van der Waals surface area contributed by atoms with Crippen molar-refractivity contribution in [3.05, 3.63) is 66.2 Å². The van der Waals surface area contributed by atoms with Crippen LogP contribution in [0.3, 0.4) is 0 Å². The molecule has 1 aromatic heterocycles. The molecule has 2 N–H and O–H groups in total. The van der Waals surface area contributed by atoms with Crippen LogP contribution in [0.4, 0.5) is 10.8 Å². The van der Waals surface area contributed by atoms with E-state index in [4.69, 9.17) is 0 Å². The Kier molecular flexibility index (Phi) is 7.04. The van der Waals surface area contributed by atoms with Gasteiger partial charge >= 0.3 is 0 Å². The molecule has 1 heterocycles. The van der Waals surface area contributed by atoms with E-state index in [1.165, 1.54) is 28.7 Å². The summed E-state index contributed by atoms with van der Waals surface area (Å²) in [4.78, 5) is 11.9. The summed E-state index contributed by atoms with van der Waals surface area (Å²) >= 11 is 2.85. The van der Waals surface area contributed by atoms with Crippen LogP contribution in [0.2, 0.25) is 0 Å². The lowest BCUT2D eigenvalue weighted by Crippen LogP contribution is -2.26. The predicted molar refractivity (Wildman–Crippen MR) is 108 cm³/mol. The Morgan fingerprint density at radius 1 is 1.00 bits per heavy atom. The largest absolute Gasteiger partial charge is 0.355 e. The number of thioether (sulfide) groups is 1. The van der Waals surface area contributed by atoms with Gasteiger partial charge in [-0.3, -0.25) is 4.79 Å². The minimum atomic E-state index is 0.0239. The first-order valence-corrected chi connectivity index (χ1v) is 10.2. The van der Waals surface area contributed by atoms with Crippen molar-refractivity contribution in [2.24, 2.45) is 0 Å². The van der Waals surface area contributed by atoms with Gasteiger partial charge in [-0.1, -0.05) is 71.6 Å². The number of aromatic nitrogens is 2. The topological polar surface area (TPSA) is 66.9 Å². The maximum absolute atomic E-state index is 11.9. The lowest BCUT2D eigenvalue weighted by atomic mass is 10.1. The highest BCUT2D eigenvalue weighted by molar-refractivity contribution is 8.01. The van der Waals surface area contributed by atoms with Gasteiger partial charge in [0.05, 0.1) is 5.75 Å². The zero-order chi connectivity index (χ0) is 18.0. The number of carbonyl (C=O) groups excluding carboxylic acids is 1. The van der Waals surface area contributed by atoms with Crippen molar-refractivity contribution in [3.63, 3.8) is 0 Å². The third-order valence-electron chi connectivity index (χ3n) is 3.57. The fourth-order valence-corrected chi connectivity index (χ4v) is 3.91. The monoisotopic (exact) mass is 384 g/mol. The summed E-state index contributed by atoms with van der Waals surface area (Å²) in [5, 5.41) is 15.1. The Bertz CT molecular complexity index is 809. The van der Waals surface area contributed by atoms with Gasteiger partial charge in [0, 0.05) is 12.2 Å². The minimum Gasteiger partial charge on any atom is -0.355 e. The number of amides is 1. The lowest BCUT2D eigenvalue weighted by Gasteiger charge is -2.04. The van der Waals surface area contributed by atoms with Crippen molar-refractivity contribution in [2.45, 2.75) is 17.2 Å². The number of nitrogens with zero attached hydrogens (tertiary/aromatic N) is 2. The zero-order valence-electron chi connectivity index (χ0n) is 14.2. The van der Waals surface area contributed by atoms with Crippen molar-refractivity contribution in [1.29, 1.82) is 0 Å². The van der Waals surface area contributed by atoms with E-state index in [-0.39, 0.29) is 5.91 Å². The molecular weight excluding hydrogens is 364 g/mol. The number of para-hydroxylation sites is 1. The molecule has 26 heavy (non-hydrogen) atoms. The van der Waals surface area contributed by atoms with Gasteiger partial charge in [-0.2, -0.15) is 0 Å². The molecule has 0 saturated heterocycles. The van der Waals surface area contributed by atoms with E-state index in [2.05, 4.69) is 33.0 Å². The molecule has 0 bridgehead atoms. The summed E-state index contributed by atoms with van der Waals surface area (Å²) < 4.78 is 0.780. The third-order valence-corrected chi connectivity index (χ3v) is 5.54. The zero-order valence-corrected chi connectivity index (χ0v) is 15.9. The molecule has 0 atom stereocenters. The first-order chi connectivity index (χ1) is 12.8. The first-order valence-electron chi connectivity index (χ1n) is 8.38. The van der Waals surface area contributed by atoms with Crippen LogP contribution in [0.25, 0.3) is 0 Å². The summed E-state index contributed by atoms with van der Waals surface area (Å²) in [6, 6.07) is 20.1. The van der Waals surface area contributed by atoms with E-state index in [0.717, 1.165) is 28.0 Å². The molecule has 2 aromatic carbocycles. The molecule has 3 aromatic rings. The predicted octanol–water partition coefficient (Wildman–Crippen LogP) is 4.12. The molecule has 5 nitrogen and oxygen atoms in total. The highest BCUT2D eigenvalue weighted by Gasteiger charge is 2.08. The van der Waals surface area contributed by atoms with Crippen LogP contribution in [-0.4, -0.2) is 28.4 Å². The smallest absolute Gasteiger partial charge is 0.230 e. The Morgan fingerprint density at radius 2 is 1.73 bits per heavy atom. The van der Waals surface area contributed by atoms with E-state index in [1.807, 2.05) is 48.5 Å². The van der Waals surface area contributed by atoms with E-state index >= 15 is 0 Å². The van der Waals surface area contributed by atoms with Gasteiger partial charge in [0.25, 0.3) is 0 Å². The molecule has 0 aliphatic carbocycles. The number of carbonyl (C=O) groups is 1. The Hall–Kier alpha value is -2.38. The normalized spacial score (nSPS) is 10.5. The van der Waals surface area contributed by atoms with Crippen LogP contribution in [0.5, 0.6) is 0 Å². The summed E-state index contributed by atoms with van der Waals surface area (Å²) in [5.74, 6) is 0.376. The number of rotatable bonds is 9. The van der Waals surface area contributed by atoms with E-state index in [1.54, 1.807) is 0 Å². The fraction of sp³-hybridized carbons (Fsp3) is 0.211. The quantitative estimate of drug-likeness (QED) is 0.429. The van der Waals surface area contributed by atoms with Crippen LogP contribution in [0.15, 0.2) is 65.0 Å². The molecule has 0 spiro atoms. The number of aryl methyl sites for hydroxylation is 1. The van der Waals surface area contributed by atoms with Crippen molar-refractivity contribution >= 4 is 39.8 Å². The fourth-order valence-electron chi connectivity index (χ4n) is 2.31. The van der Waals surface area contributed by atoms with Crippen molar-refractivity contribution < 1.29 is 4.79 Å².